The molecule has 2 aliphatic rings. The Bertz CT molecular complexity index is 1170. The molecule has 27 heavy (non-hydrogen) atoms. The van der Waals surface area contributed by atoms with Crippen LogP contribution in [0.3, 0.4) is 0 Å². The number of nitrogens with zero attached hydrogens (tertiary/aromatic N) is 8. The van der Waals surface area contributed by atoms with Crippen LogP contribution in [0.15, 0.2) is 78.3 Å². The van der Waals surface area contributed by atoms with Crippen molar-refractivity contribution in [3.63, 3.8) is 0 Å². The van der Waals surface area contributed by atoms with Crippen LogP contribution in [0.1, 0.15) is 5.56 Å². The SMILES string of the molecule is c1ccc(-n2cc(N3CN=C4c5ccccc5-n5cncc5N43)nn2)cc1. The average molecular weight is 354 g/mol. The van der Waals surface area contributed by atoms with E-state index in [9.17, 15) is 0 Å². The smallest absolute Gasteiger partial charge is 0.192 e. The largest absolute Gasteiger partial charge is 0.283 e. The number of imidazole rings is 1. The molecule has 0 spiro atoms. The van der Waals surface area contributed by atoms with Gasteiger partial charge in [-0.05, 0) is 24.3 Å². The molecule has 0 unspecified atom stereocenters. The third-order valence-corrected chi connectivity index (χ3v) is 4.80. The number of hydrazine groups is 1. The second-order valence-electron chi connectivity index (χ2n) is 6.33. The summed E-state index contributed by atoms with van der Waals surface area (Å²) in [6, 6.07) is 18.1. The maximum Gasteiger partial charge on any atom is 0.192 e. The van der Waals surface area contributed by atoms with E-state index < -0.39 is 0 Å². The van der Waals surface area contributed by atoms with E-state index in [2.05, 4.69) is 37.0 Å². The Morgan fingerprint density at radius 3 is 2.70 bits per heavy atom. The number of para-hydroxylation sites is 2. The molecule has 4 aromatic rings. The maximum absolute atomic E-state index is 4.77. The number of aliphatic imine (C=N–C) groups is 1. The highest BCUT2D eigenvalue weighted by atomic mass is 15.7. The summed E-state index contributed by atoms with van der Waals surface area (Å²) in [7, 11) is 0. The van der Waals surface area contributed by atoms with E-state index >= 15 is 0 Å². The normalized spacial score (nSPS) is 14.6. The van der Waals surface area contributed by atoms with Gasteiger partial charge >= 0.3 is 0 Å². The van der Waals surface area contributed by atoms with Crippen molar-refractivity contribution in [2.24, 2.45) is 4.99 Å². The predicted molar refractivity (Wildman–Crippen MR) is 101 cm³/mol. The van der Waals surface area contributed by atoms with E-state index in [0.29, 0.717) is 6.67 Å². The first-order chi connectivity index (χ1) is 13.4. The van der Waals surface area contributed by atoms with Crippen LogP contribution in [0.25, 0.3) is 11.4 Å². The summed E-state index contributed by atoms with van der Waals surface area (Å²) in [6.07, 6.45) is 5.57. The van der Waals surface area contributed by atoms with Gasteiger partial charge < -0.3 is 0 Å². The van der Waals surface area contributed by atoms with Crippen molar-refractivity contribution in [1.29, 1.82) is 0 Å². The summed E-state index contributed by atoms with van der Waals surface area (Å²) >= 11 is 0. The second-order valence-corrected chi connectivity index (χ2v) is 6.33. The predicted octanol–water partition coefficient (Wildman–Crippen LogP) is 2.41. The number of hydrogen-bond acceptors (Lipinski definition) is 6. The number of aromatic nitrogens is 5. The van der Waals surface area contributed by atoms with Crippen LogP contribution in [0.4, 0.5) is 11.6 Å². The summed E-state index contributed by atoms with van der Waals surface area (Å²) in [4.78, 5) is 9.11. The molecule has 0 saturated carbocycles. The molecule has 8 heteroatoms. The molecule has 2 aromatic carbocycles. The topological polar surface area (TPSA) is 67.4 Å². The molecular weight excluding hydrogens is 340 g/mol. The lowest BCUT2D eigenvalue weighted by Crippen LogP contribution is -2.45. The van der Waals surface area contributed by atoms with Crippen LogP contribution >= 0.6 is 0 Å². The summed E-state index contributed by atoms with van der Waals surface area (Å²) in [5.74, 6) is 2.55. The van der Waals surface area contributed by atoms with Crippen LogP contribution in [-0.4, -0.2) is 37.0 Å². The minimum atomic E-state index is 0.475. The number of fused-ring (bicyclic) bond motifs is 6. The van der Waals surface area contributed by atoms with Gasteiger partial charge in [0.25, 0.3) is 0 Å². The van der Waals surface area contributed by atoms with Gasteiger partial charge in [-0.15, -0.1) is 5.10 Å². The highest BCUT2D eigenvalue weighted by Crippen LogP contribution is 2.35. The molecular formula is C19H14N8. The Balaban J connectivity index is 1.44. The molecule has 2 aliphatic heterocycles. The van der Waals surface area contributed by atoms with E-state index in [1.165, 1.54) is 0 Å². The zero-order valence-corrected chi connectivity index (χ0v) is 14.2. The van der Waals surface area contributed by atoms with Crippen LogP contribution < -0.4 is 10.0 Å². The van der Waals surface area contributed by atoms with Gasteiger partial charge in [-0.3, -0.25) is 4.57 Å². The fourth-order valence-electron chi connectivity index (χ4n) is 3.57. The minimum absolute atomic E-state index is 0.475. The Kier molecular flexibility index (Phi) is 2.79. The van der Waals surface area contributed by atoms with Crippen molar-refractivity contribution in [2.75, 3.05) is 16.7 Å². The molecule has 0 amide bonds. The third-order valence-electron chi connectivity index (χ3n) is 4.80. The van der Waals surface area contributed by atoms with E-state index in [-0.39, 0.29) is 0 Å². The van der Waals surface area contributed by atoms with Gasteiger partial charge in [0.15, 0.2) is 17.5 Å². The van der Waals surface area contributed by atoms with Crippen LogP contribution in [-0.2, 0) is 0 Å². The fourth-order valence-corrected chi connectivity index (χ4v) is 3.57. The van der Waals surface area contributed by atoms with Crippen molar-refractivity contribution in [2.45, 2.75) is 0 Å². The van der Waals surface area contributed by atoms with E-state index in [1.807, 2.05) is 66.2 Å². The fraction of sp³-hybridized carbons (Fsp3) is 0.0526. The van der Waals surface area contributed by atoms with E-state index in [1.54, 1.807) is 4.68 Å². The maximum atomic E-state index is 4.77. The van der Waals surface area contributed by atoms with Gasteiger partial charge in [0.2, 0.25) is 0 Å². The Morgan fingerprint density at radius 1 is 0.926 bits per heavy atom. The van der Waals surface area contributed by atoms with Crippen LogP contribution in [0.5, 0.6) is 0 Å². The number of amidine groups is 1. The van der Waals surface area contributed by atoms with Crippen molar-refractivity contribution < 1.29 is 0 Å². The number of hydrogen-bond donors (Lipinski definition) is 0. The molecule has 4 heterocycles. The zero-order chi connectivity index (χ0) is 17.8. The molecule has 130 valence electrons. The van der Waals surface area contributed by atoms with Gasteiger partial charge in [0, 0.05) is 5.56 Å². The average Bonchev–Trinajstić information content (AvgIpc) is 3.46. The first-order valence-electron chi connectivity index (χ1n) is 8.62. The molecule has 0 saturated heterocycles. The zero-order valence-electron chi connectivity index (χ0n) is 14.2. The monoisotopic (exact) mass is 354 g/mol. The summed E-state index contributed by atoms with van der Waals surface area (Å²) < 4.78 is 3.83. The standard InChI is InChI=1S/C19H14N8/c1-2-6-14(7-3-1)25-11-17(22-23-25)26-13-21-19-15-8-4-5-9-16(15)24-12-20-10-18(24)27(19)26/h1-12H,13H2. The van der Waals surface area contributed by atoms with Crippen LogP contribution in [0.2, 0.25) is 0 Å². The molecule has 0 N–H and O–H groups in total. The quantitative estimate of drug-likeness (QED) is 0.553. The van der Waals surface area contributed by atoms with Crippen molar-refractivity contribution in [3.8, 4) is 11.4 Å². The van der Waals surface area contributed by atoms with Crippen molar-refractivity contribution >= 4 is 17.5 Å². The van der Waals surface area contributed by atoms with Gasteiger partial charge in [0.1, 0.15) is 13.0 Å². The molecule has 0 aliphatic carbocycles. The molecule has 0 fully saturated rings. The molecule has 8 nitrogen and oxygen atoms in total. The lowest BCUT2D eigenvalue weighted by atomic mass is 10.1. The molecule has 2 aromatic heterocycles. The first kappa shape index (κ1) is 14.3. The Hall–Kier alpha value is -3.94. The van der Waals surface area contributed by atoms with E-state index in [4.69, 9.17) is 4.99 Å². The Morgan fingerprint density at radius 2 is 1.78 bits per heavy atom. The Labute approximate surface area is 154 Å². The number of anilines is 2. The van der Waals surface area contributed by atoms with Gasteiger partial charge in [-0.1, -0.05) is 35.5 Å². The summed E-state index contributed by atoms with van der Waals surface area (Å²) in [5.41, 5.74) is 3.11. The van der Waals surface area contributed by atoms with Crippen molar-refractivity contribution in [1.82, 2.24) is 24.5 Å². The molecule has 6 rings (SSSR count). The van der Waals surface area contributed by atoms with Crippen LogP contribution in [0, 0.1) is 0 Å². The number of benzene rings is 2. The third kappa shape index (κ3) is 1.97. The number of rotatable bonds is 2. The second kappa shape index (κ2) is 5.28. The summed E-state index contributed by atoms with van der Waals surface area (Å²) in [6.45, 7) is 0.475. The van der Waals surface area contributed by atoms with E-state index in [0.717, 1.165) is 34.4 Å². The van der Waals surface area contributed by atoms with Crippen molar-refractivity contribution in [3.05, 3.63) is 78.9 Å². The lowest BCUT2D eigenvalue weighted by molar-refractivity contribution is 0.794. The summed E-state index contributed by atoms with van der Waals surface area (Å²) in [5, 5.41) is 12.7. The lowest BCUT2D eigenvalue weighted by Gasteiger charge is -2.33. The highest BCUT2D eigenvalue weighted by Gasteiger charge is 2.37. The van der Waals surface area contributed by atoms with Gasteiger partial charge in [0.05, 0.1) is 23.8 Å². The van der Waals surface area contributed by atoms with Gasteiger partial charge in [-0.2, -0.15) is 0 Å². The highest BCUT2D eigenvalue weighted by molar-refractivity contribution is 6.16. The first-order valence-corrected chi connectivity index (χ1v) is 8.62. The molecule has 0 radical (unpaired) electrons. The molecule has 0 bridgehead atoms. The molecule has 0 atom stereocenters. The minimum Gasteiger partial charge on any atom is -0.283 e. The van der Waals surface area contributed by atoms with Gasteiger partial charge in [-0.25, -0.2) is 24.7 Å².